The molecule has 0 fully saturated rings. The van der Waals surface area contributed by atoms with Crippen molar-refractivity contribution in [3.8, 4) is 17.2 Å². The van der Waals surface area contributed by atoms with Crippen molar-refractivity contribution >= 4 is 17.7 Å². The number of hydrogen-bond donors (Lipinski definition) is 1. The van der Waals surface area contributed by atoms with E-state index in [1.807, 2.05) is 38.1 Å². The summed E-state index contributed by atoms with van der Waals surface area (Å²) in [5.74, 6) is 1.38. The first-order valence-corrected chi connectivity index (χ1v) is 11.7. The van der Waals surface area contributed by atoms with Crippen LogP contribution < -0.4 is 10.1 Å². The number of nitrogens with one attached hydrogen (secondary N) is 1. The van der Waals surface area contributed by atoms with Gasteiger partial charge < -0.3 is 14.5 Å². The lowest BCUT2D eigenvalue weighted by molar-refractivity contribution is -0.119. The predicted octanol–water partition coefficient (Wildman–Crippen LogP) is 4.98. The van der Waals surface area contributed by atoms with Crippen LogP contribution in [0.1, 0.15) is 49.4 Å². The Balaban J connectivity index is 1.30. The zero-order valence-electron chi connectivity index (χ0n) is 17.9. The molecule has 0 bridgehead atoms. The molecule has 0 saturated heterocycles. The van der Waals surface area contributed by atoms with Crippen LogP contribution in [0.5, 0.6) is 5.75 Å². The fraction of sp³-hybridized carbons (Fsp3) is 0.375. The van der Waals surface area contributed by atoms with Crippen molar-refractivity contribution in [3.63, 3.8) is 0 Å². The zero-order chi connectivity index (χ0) is 21.6. The van der Waals surface area contributed by atoms with E-state index in [2.05, 4.69) is 33.7 Å². The van der Waals surface area contributed by atoms with Gasteiger partial charge in [0.1, 0.15) is 5.75 Å². The maximum atomic E-state index is 12.4. The van der Waals surface area contributed by atoms with Crippen LogP contribution >= 0.6 is 11.8 Å². The first-order chi connectivity index (χ1) is 15.1. The number of nitrogens with zero attached hydrogens (tertiary/aromatic N) is 2. The Kier molecular flexibility index (Phi) is 6.92. The smallest absolute Gasteiger partial charge is 0.277 e. The van der Waals surface area contributed by atoms with Gasteiger partial charge in [-0.2, -0.15) is 0 Å². The van der Waals surface area contributed by atoms with E-state index in [0.29, 0.717) is 17.7 Å². The van der Waals surface area contributed by atoms with E-state index in [0.717, 1.165) is 29.7 Å². The van der Waals surface area contributed by atoms with E-state index in [-0.39, 0.29) is 17.7 Å². The molecule has 7 heteroatoms. The van der Waals surface area contributed by atoms with E-state index in [1.54, 1.807) is 0 Å². The molecule has 1 aliphatic carbocycles. The van der Waals surface area contributed by atoms with Crippen molar-refractivity contribution < 1.29 is 13.9 Å². The van der Waals surface area contributed by atoms with Crippen molar-refractivity contribution in [2.45, 2.75) is 50.8 Å². The summed E-state index contributed by atoms with van der Waals surface area (Å²) in [4.78, 5) is 12.4. The molecule has 1 heterocycles. The molecule has 162 valence electrons. The van der Waals surface area contributed by atoms with Crippen molar-refractivity contribution in [3.05, 3.63) is 59.2 Å². The number of benzene rings is 2. The number of amides is 1. The van der Waals surface area contributed by atoms with Gasteiger partial charge in [-0.25, -0.2) is 0 Å². The molecule has 1 aromatic heterocycles. The van der Waals surface area contributed by atoms with Gasteiger partial charge in [0.2, 0.25) is 11.8 Å². The number of fused-ring (bicyclic) bond motifs is 1. The third-order valence-corrected chi connectivity index (χ3v) is 6.21. The first-order valence-electron chi connectivity index (χ1n) is 10.7. The fourth-order valence-electron chi connectivity index (χ4n) is 3.76. The molecule has 2 aromatic carbocycles. The van der Waals surface area contributed by atoms with Gasteiger partial charge in [0, 0.05) is 5.56 Å². The quantitative estimate of drug-likeness (QED) is 0.501. The van der Waals surface area contributed by atoms with Crippen LogP contribution in [-0.4, -0.2) is 28.5 Å². The molecule has 1 aliphatic rings. The van der Waals surface area contributed by atoms with Gasteiger partial charge in [0.25, 0.3) is 5.22 Å². The number of carbonyl (C=O) groups excluding carboxylic acids is 1. The molecule has 3 aromatic rings. The van der Waals surface area contributed by atoms with Crippen LogP contribution in [0.25, 0.3) is 11.5 Å². The summed E-state index contributed by atoms with van der Waals surface area (Å²) in [7, 11) is 0. The molecular formula is C24H27N3O3S. The van der Waals surface area contributed by atoms with Crippen LogP contribution in [0.3, 0.4) is 0 Å². The molecule has 0 aliphatic heterocycles. The molecular weight excluding hydrogens is 410 g/mol. The molecule has 1 N–H and O–H groups in total. The molecule has 31 heavy (non-hydrogen) atoms. The third-order valence-electron chi connectivity index (χ3n) is 5.40. The van der Waals surface area contributed by atoms with E-state index >= 15 is 0 Å². The highest BCUT2D eigenvalue weighted by Crippen LogP contribution is 2.26. The minimum absolute atomic E-state index is 0.0394. The standard InChI is InChI=1S/C24H27N3O3S/c1-3-29-21-12-10-18(11-13-21)23-26-27-24(30-23)31-15-22(28)25-16(2)19-9-8-17-6-4-5-7-20(17)14-19/h8-14,16H,3-7,15H2,1-2H3,(H,25,28)/t16-/m0/s1. The van der Waals surface area contributed by atoms with Crippen molar-refractivity contribution in [1.82, 2.24) is 15.5 Å². The summed E-state index contributed by atoms with van der Waals surface area (Å²) >= 11 is 1.24. The van der Waals surface area contributed by atoms with Crippen LogP contribution in [0.2, 0.25) is 0 Å². The average molecular weight is 438 g/mol. The highest BCUT2D eigenvalue weighted by molar-refractivity contribution is 7.99. The molecule has 0 unspecified atom stereocenters. The lowest BCUT2D eigenvalue weighted by Gasteiger charge is -2.20. The number of thioether (sulfide) groups is 1. The Hall–Kier alpha value is -2.80. The largest absolute Gasteiger partial charge is 0.494 e. The minimum atomic E-state index is -0.0592. The van der Waals surface area contributed by atoms with Gasteiger partial charge in [0.15, 0.2) is 0 Å². The molecule has 4 rings (SSSR count). The highest BCUT2D eigenvalue weighted by atomic mass is 32.2. The average Bonchev–Trinajstić information content (AvgIpc) is 3.27. The molecule has 0 saturated carbocycles. The van der Waals surface area contributed by atoms with Gasteiger partial charge in [-0.15, -0.1) is 10.2 Å². The Morgan fingerprint density at radius 3 is 2.68 bits per heavy atom. The fourth-order valence-corrected chi connectivity index (χ4v) is 4.34. The Morgan fingerprint density at radius 2 is 1.90 bits per heavy atom. The number of ether oxygens (including phenoxy) is 1. The van der Waals surface area contributed by atoms with Gasteiger partial charge in [-0.3, -0.25) is 4.79 Å². The van der Waals surface area contributed by atoms with Crippen molar-refractivity contribution in [2.75, 3.05) is 12.4 Å². The van der Waals surface area contributed by atoms with Crippen LogP contribution in [0.4, 0.5) is 0 Å². The van der Waals surface area contributed by atoms with Crippen LogP contribution in [0, 0.1) is 0 Å². The van der Waals surface area contributed by atoms with E-state index < -0.39 is 0 Å². The topological polar surface area (TPSA) is 77.2 Å². The van der Waals surface area contributed by atoms with E-state index in [4.69, 9.17) is 9.15 Å². The zero-order valence-corrected chi connectivity index (χ0v) is 18.7. The molecule has 1 amide bonds. The lowest BCUT2D eigenvalue weighted by atomic mass is 9.89. The summed E-state index contributed by atoms with van der Waals surface area (Å²) in [6.07, 6.45) is 4.81. The second kappa shape index (κ2) is 10.0. The summed E-state index contributed by atoms with van der Waals surface area (Å²) in [5.41, 5.74) is 4.83. The number of aryl methyl sites for hydroxylation is 2. The van der Waals surface area contributed by atoms with Gasteiger partial charge in [0.05, 0.1) is 18.4 Å². The lowest BCUT2D eigenvalue weighted by Crippen LogP contribution is -2.28. The summed E-state index contributed by atoms with van der Waals surface area (Å²) < 4.78 is 11.1. The molecule has 1 atom stereocenters. The third kappa shape index (κ3) is 5.47. The maximum absolute atomic E-state index is 12.4. The Bertz CT molecular complexity index is 1030. The molecule has 6 nitrogen and oxygen atoms in total. The van der Waals surface area contributed by atoms with E-state index in [1.165, 1.54) is 35.7 Å². The minimum Gasteiger partial charge on any atom is -0.494 e. The predicted molar refractivity (Wildman–Crippen MR) is 121 cm³/mol. The summed E-state index contributed by atoms with van der Waals surface area (Å²) in [6, 6.07) is 14.0. The normalized spacial score (nSPS) is 14.0. The molecule has 0 spiro atoms. The maximum Gasteiger partial charge on any atom is 0.277 e. The first kappa shape index (κ1) is 21.4. The molecule has 0 radical (unpaired) electrons. The van der Waals surface area contributed by atoms with Gasteiger partial charge in [-0.1, -0.05) is 30.0 Å². The number of aromatic nitrogens is 2. The van der Waals surface area contributed by atoms with Crippen molar-refractivity contribution in [2.24, 2.45) is 0 Å². The van der Waals surface area contributed by atoms with E-state index in [9.17, 15) is 4.79 Å². The Labute approximate surface area is 186 Å². The highest BCUT2D eigenvalue weighted by Gasteiger charge is 2.16. The van der Waals surface area contributed by atoms with Crippen LogP contribution in [-0.2, 0) is 17.6 Å². The summed E-state index contributed by atoms with van der Waals surface area (Å²) in [6.45, 7) is 4.58. The second-order valence-electron chi connectivity index (χ2n) is 7.64. The van der Waals surface area contributed by atoms with Crippen molar-refractivity contribution in [1.29, 1.82) is 0 Å². The monoisotopic (exact) mass is 437 g/mol. The SMILES string of the molecule is CCOc1ccc(-c2nnc(SCC(=O)N[C@@H](C)c3ccc4c(c3)CCCC4)o2)cc1. The number of rotatable bonds is 8. The number of hydrogen-bond acceptors (Lipinski definition) is 6. The second-order valence-corrected chi connectivity index (χ2v) is 8.57. The van der Waals surface area contributed by atoms with Gasteiger partial charge >= 0.3 is 0 Å². The van der Waals surface area contributed by atoms with Gasteiger partial charge in [-0.05, 0) is 80.5 Å². The number of carbonyl (C=O) groups is 1. The Morgan fingerprint density at radius 1 is 1.13 bits per heavy atom. The van der Waals surface area contributed by atoms with Crippen LogP contribution in [0.15, 0.2) is 52.1 Å². The summed E-state index contributed by atoms with van der Waals surface area (Å²) in [5, 5.41) is 11.6.